The fourth-order valence-electron chi connectivity index (χ4n) is 5.42. The largest absolute Gasteiger partial charge is 1.00 e. The summed E-state index contributed by atoms with van der Waals surface area (Å²) in [6.07, 6.45) is 4.65. The SMILES string of the molecule is Cc1cc(C)c(C(=O)[NH][Hf+2]([CH]2C=Cc3ccccc32)[SiH](c2ccccc2)c2ccccc2)c(C)c1.[Cl-].[Cl-]. The molecule has 1 atom stereocenters. The summed E-state index contributed by atoms with van der Waals surface area (Å²) in [6.45, 7) is 6.22. The molecule has 0 spiro atoms. The fraction of sp³-hybridized carbons (Fsp3) is 0.129. The molecule has 37 heavy (non-hydrogen) atoms. The molecule has 1 unspecified atom stereocenters. The number of carbonyl (C=O) groups is 1. The van der Waals surface area contributed by atoms with Crippen molar-refractivity contribution >= 4 is 28.3 Å². The van der Waals surface area contributed by atoms with Crippen molar-refractivity contribution in [2.45, 2.75) is 24.4 Å². The van der Waals surface area contributed by atoms with Crippen molar-refractivity contribution in [1.82, 2.24) is 3.30 Å². The van der Waals surface area contributed by atoms with Crippen molar-refractivity contribution in [2.24, 2.45) is 0 Å². The number of fused-ring (bicyclic) bond motifs is 1. The van der Waals surface area contributed by atoms with Gasteiger partial charge in [0.1, 0.15) is 0 Å². The van der Waals surface area contributed by atoms with Crippen molar-refractivity contribution in [2.75, 3.05) is 0 Å². The zero-order valence-electron chi connectivity index (χ0n) is 21.2. The van der Waals surface area contributed by atoms with Crippen molar-refractivity contribution < 1.29 is 50.5 Å². The number of benzene rings is 4. The second kappa shape index (κ2) is 13.0. The molecule has 0 aliphatic heterocycles. The minimum absolute atomic E-state index is 0. The first-order valence-corrected chi connectivity index (χ1v) is 24.0. The maximum Gasteiger partial charge on any atom is -1.00 e. The quantitative estimate of drug-likeness (QED) is 0.261. The van der Waals surface area contributed by atoms with Crippen molar-refractivity contribution in [1.29, 1.82) is 0 Å². The second-order valence-electron chi connectivity index (χ2n) is 9.40. The van der Waals surface area contributed by atoms with Crippen LogP contribution < -0.4 is 38.5 Å². The van der Waals surface area contributed by atoms with E-state index in [2.05, 4.69) is 133 Å². The van der Waals surface area contributed by atoms with Gasteiger partial charge in [0.15, 0.2) is 0 Å². The van der Waals surface area contributed by atoms with Crippen molar-refractivity contribution in [3.05, 3.63) is 137 Å². The predicted octanol–water partition coefficient (Wildman–Crippen LogP) is -0.811. The van der Waals surface area contributed by atoms with E-state index in [9.17, 15) is 4.79 Å². The van der Waals surface area contributed by atoms with E-state index in [1.54, 1.807) is 0 Å². The summed E-state index contributed by atoms with van der Waals surface area (Å²) >= 11 is -2.93. The van der Waals surface area contributed by atoms with E-state index >= 15 is 0 Å². The topological polar surface area (TPSA) is 29.1 Å². The van der Waals surface area contributed by atoms with Crippen LogP contribution in [0.15, 0.2) is 103 Å². The smallest absolute Gasteiger partial charge is 1.00 e. The molecule has 0 aromatic heterocycles. The summed E-state index contributed by atoms with van der Waals surface area (Å²) in [5.41, 5.74) is 6.85. The summed E-state index contributed by atoms with van der Waals surface area (Å²) in [4.78, 5) is 14.0. The molecule has 2 nitrogen and oxygen atoms in total. The zero-order chi connectivity index (χ0) is 24.4. The summed E-state index contributed by atoms with van der Waals surface area (Å²) in [7, 11) is 0. The first-order valence-electron chi connectivity index (χ1n) is 12.2. The van der Waals surface area contributed by atoms with Gasteiger partial charge in [0.2, 0.25) is 0 Å². The molecule has 1 amide bonds. The van der Waals surface area contributed by atoms with Crippen LogP contribution in [0.5, 0.6) is 0 Å². The van der Waals surface area contributed by atoms with Crippen LogP contribution in [0.25, 0.3) is 6.08 Å². The van der Waals surface area contributed by atoms with Crippen molar-refractivity contribution in [3.63, 3.8) is 0 Å². The molecule has 0 saturated heterocycles. The van der Waals surface area contributed by atoms with E-state index in [0.29, 0.717) is 3.67 Å². The number of rotatable bonds is 6. The van der Waals surface area contributed by atoms with Gasteiger partial charge in [-0.1, -0.05) is 0 Å². The van der Waals surface area contributed by atoms with E-state index in [0.717, 1.165) is 16.7 Å². The third-order valence-corrected chi connectivity index (χ3v) is 33.7. The fourth-order valence-corrected chi connectivity index (χ4v) is 34.2. The van der Waals surface area contributed by atoms with Crippen molar-refractivity contribution in [3.8, 4) is 0 Å². The maximum absolute atomic E-state index is 14.0. The monoisotopic (exact) mass is 710 g/mol. The van der Waals surface area contributed by atoms with Crippen LogP contribution in [0.1, 0.15) is 41.8 Å². The molecule has 4 aromatic carbocycles. The number of hydrogen-bond acceptors (Lipinski definition) is 1. The standard InChI is InChI=1S/C12H11Si.C10H13NO.C9H7.2ClH.Hf/c1-3-7-11(8-4-1)13-12-9-5-2-6-10-12;1-6-4-7(2)9(10(11)12)8(3)5-6;1-2-5-9-7-3-6-8(9)4-1;;;/h1-10,13H;4-5H,1-3H3,(H2,11,12);1-7H;2*1H;/q;;;;;+3/p-3. The van der Waals surface area contributed by atoms with E-state index in [1.165, 1.54) is 27.1 Å². The van der Waals surface area contributed by atoms with Gasteiger partial charge in [-0.05, 0) is 0 Å². The average Bonchev–Trinajstić information content (AvgIpc) is 3.28. The minimum Gasteiger partial charge on any atom is -1.00 e. The summed E-state index contributed by atoms with van der Waals surface area (Å²) in [6, 6.07) is 34.9. The van der Waals surface area contributed by atoms with Gasteiger partial charge in [0, 0.05) is 0 Å². The maximum atomic E-state index is 14.0. The Balaban J connectivity index is 0.00000190. The molecule has 0 fully saturated rings. The molecule has 6 heteroatoms. The Bertz CT molecular complexity index is 1330. The van der Waals surface area contributed by atoms with Crippen LogP contribution in [0.4, 0.5) is 0 Å². The first-order chi connectivity index (χ1) is 17.0. The van der Waals surface area contributed by atoms with Crippen LogP contribution in [-0.2, 0) is 20.9 Å². The first kappa shape index (κ1) is 29.3. The normalized spacial score (nSPS) is 13.4. The number of allylic oxidation sites excluding steroid dienone is 1. The molecular weight excluding hydrogens is 680 g/mol. The molecule has 187 valence electrons. The molecule has 4 aromatic rings. The van der Waals surface area contributed by atoms with Crippen LogP contribution in [0.3, 0.4) is 0 Å². The zero-order valence-corrected chi connectivity index (χ0v) is 27.5. The third kappa shape index (κ3) is 6.26. The van der Waals surface area contributed by atoms with Crippen LogP contribution in [0, 0.1) is 20.8 Å². The Morgan fingerprint density at radius 2 is 1.27 bits per heavy atom. The van der Waals surface area contributed by atoms with Gasteiger partial charge in [0.05, 0.1) is 0 Å². The van der Waals surface area contributed by atoms with E-state index < -0.39 is 26.9 Å². The number of halogens is 2. The summed E-state index contributed by atoms with van der Waals surface area (Å²) in [5.74, 6) is -1.55. The van der Waals surface area contributed by atoms with Gasteiger partial charge >= 0.3 is 218 Å². The minimum atomic E-state index is -2.93. The number of hydrogen-bond donors (Lipinski definition) is 1. The summed E-state index contributed by atoms with van der Waals surface area (Å²) in [5, 5.41) is 2.85. The predicted molar refractivity (Wildman–Crippen MR) is 146 cm³/mol. The van der Waals surface area contributed by atoms with Crippen LogP contribution in [-0.4, -0.2) is 11.9 Å². The number of aryl methyl sites for hydroxylation is 3. The number of carbonyl (C=O) groups excluding carboxylic acids is 1. The Morgan fingerprint density at radius 3 is 1.84 bits per heavy atom. The molecule has 0 saturated carbocycles. The van der Waals surface area contributed by atoms with Gasteiger partial charge < -0.3 is 24.8 Å². The molecule has 0 heterocycles. The van der Waals surface area contributed by atoms with E-state index in [4.69, 9.17) is 0 Å². The molecule has 0 radical (unpaired) electrons. The Kier molecular flexibility index (Phi) is 10.3. The van der Waals surface area contributed by atoms with Crippen LogP contribution >= 0.6 is 0 Å². The molecule has 5 rings (SSSR count). The van der Waals surface area contributed by atoms with Gasteiger partial charge in [-0.3, -0.25) is 0 Å². The second-order valence-corrected chi connectivity index (χ2v) is 29.3. The number of nitrogens with one attached hydrogen (secondary N) is 1. The van der Waals surface area contributed by atoms with Gasteiger partial charge in [0.25, 0.3) is 0 Å². The molecule has 1 aliphatic carbocycles. The molecule has 1 aliphatic rings. The average molecular weight is 710 g/mol. The van der Waals surface area contributed by atoms with E-state index in [-0.39, 0.29) is 30.7 Å². The van der Waals surface area contributed by atoms with E-state index in [1.807, 2.05) is 0 Å². The van der Waals surface area contributed by atoms with Gasteiger partial charge in [-0.25, -0.2) is 0 Å². The summed E-state index contributed by atoms with van der Waals surface area (Å²) < 4.78 is 4.14. The molecule has 1 N–H and O–H groups in total. The Hall–Kier alpha value is -2.24. The molecule has 0 bridgehead atoms. The Morgan fingerprint density at radius 1 is 0.757 bits per heavy atom. The number of amides is 1. The molecular formula is C31H30Cl2HfNOSi. The van der Waals surface area contributed by atoms with Gasteiger partial charge in [-0.2, -0.15) is 0 Å². The van der Waals surface area contributed by atoms with Gasteiger partial charge in [-0.15, -0.1) is 0 Å². The Labute approximate surface area is 241 Å². The third-order valence-electron chi connectivity index (χ3n) is 6.87. The van der Waals surface area contributed by atoms with Crippen LogP contribution in [0.2, 0.25) is 0 Å².